The Kier molecular flexibility index (Phi) is 9.53. The molecular weight excluding hydrogens is 583 g/mol. The number of aromatic hydroxyl groups is 1. The van der Waals surface area contributed by atoms with Crippen molar-refractivity contribution in [3.8, 4) is 17.2 Å². The summed E-state index contributed by atoms with van der Waals surface area (Å²) in [4.78, 5) is -0.506. The Labute approximate surface area is 242 Å². The zero-order valence-corrected chi connectivity index (χ0v) is 24.8. The fraction of sp³-hybridized carbons (Fsp3) is 0.185. The van der Waals surface area contributed by atoms with Crippen molar-refractivity contribution in [1.29, 1.82) is 0 Å². The third-order valence-corrected chi connectivity index (χ3v) is 8.12. The van der Waals surface area contributed by atoms with Crippen LogP contribution in [-0.2, 0) is 19.0 Å². The largest absolute Gasteiger partial charge is 0.505 e. The zero-order chi connectivity index (χ0) is 30.4. The number of phenolic OH excluding ortho intramolecular Hbond substituents is 1. The lowest BCUT2D eigenvalue weighted by Gasteiger charge is -2.13. The highest BCUT2D eigenvalue weighted by atomic mass is 32.2. The summed E-state index contributed by atoms with van der Waals surface area (Å²) in [5.41, 5.74) is 6.75. The molecule has 15 heteroatoms. The van der Waals surface area contributed by atoms with Gasteiger partial charge < -0.3 is 24.9 Å². The van der Waals surface area contributed by atoms with Crippen LogP contribution in [0.2, 0.25) is 0 Å². The lowest BCUT2D eigenvalue weighted by Crippen LogP contribution is -2.11. The van der Waals surface area contributed by atoms with Crippen LogP contribution in [-0.4, -0.2) is 33.4 Å². The van der Waals surface area contributed by atoms with Crippen LogP contribution in [0.15, 0.2) is 86.0 Å². The Balaban J connectivity index is 1.84. The molecule has 0 heterocycles. The maximum absolute atomic E-state index is 12.6. The van der Waals surface area contributed by atoms with Gasteiger partial charge in [0.25, 0.3) is 0 Å². The summed E-state index contributed by atoms with van der Waals surface area (Å²) in [6, 6.07) is 15.8. The van der Waals surface area contributed by atoms with Gasteiger partial charge in [0.1, 0.15) is 41.3 Å². The van der Waals surface area contributed by atoms with Crippen LogP contribution in [0.25, 0.3) is 10.8 Å². The minimum atomic E-state index is -4.51. The minimum Gasteiger partial charge on any atom is -0.505 e. The van der Waals surface area contributed by atoms with Gasteiger partial charge in [0.2, 0.25) is 0 Å². The number of rotatable bonds is 11. The highest BCUT2D eigenvalue weighted by Crippen LogP contribution is 2.45. The number of hydrogen-bond donors (Lipinski definition) is 3. The Morgan fingerprint density at radius 2 is 1.52 bits per heavy atom. The minimum absolute atomic E-state index is 0.148. The molecule has 1 unspecified atom stereocenters. The number of anilines is 1. The van der Waals surface area contributed by atoms with E-state index in [4.69, 9.17) is 21.1 Å². The number of fused-ring (bicyclic) bond motifs is 1. The van der Waals surface area contributed by atoms with E-state index in [1.54, 1.807) is 56.9 Å². The molecule has 4 aromatic carbocycles. The number of hydrogen-bond acceptors (Lipinski definition) is 13. The monoisotopic (exact) mass is 612 g/mol. The van der Waals surface area contributed by atoms with Gasteiger partial charge in [-0.05, 0) is 56.2 Å². The fourth-order valence-corrected chi connectivity index (χ4v) is 5.37. The molecule has 0 saturated heterocycles. The van der Waals surface area contributed by atoms with Crippen molar-refractivity contribution in [2.75, 3.05) is 25.6 Å². The first-order chi connectivity index (χ1) is 20.1. The number of phenols is 1. The smallest absolute Gasteiger partial charge is 0.315 e. The van der Waals surface area contributed by atoms with Crippen LogP contribution in [0.5, 0.6) is 17.2 Å². The van der Waals surface area contributed by atoms with E-state index < -0.39 is 34.3 Å². The summed E-state index contributed by atoms with van der Waals surface area (Å²) >= 11 is 0. The number of azo groups is 2. The van der Waals surface area contributed by atoms with Crippen molar-refractivity contribution >= 4 is 62.4 Å². The molecule has 1 atom stereocenters. The van der Waals surface area contributed by atoms with Gasteiger partial charge in [-0.3, -0.25) is 0 Å². The third kappa shape index (κ3) is 6.74. The van der Waals surface area contributed by atoms with Crippen LogP contribution in [0, 0.1) is 0 Å². The second kappa shape index (κ2) is 13.1. The second-order valence-electron chi connectivity index (χ2n) is 8.76. The van der Waals surface area contributed by atoms with E-state index in [2.05, 4.69) is 24.7 Å². The van der Waals surface area contributed by atoms with Crippen molar-refractivity contribution in [3.05, 3.63) is 60.7 Å². The molecule has 5 N–H and O–H groups in total. The number of nitrogen functional groups attached to an aromatic ring is 1. The van der Waals surface area contributed by atoms with Crippen LogP contribution in [0.1, 0.15) is 13.8 Å². The van der Waals surface area contributed by atoms with Gasteiger partial charge in [-0.2, -0.15) is 23.7 Å². The van der Waals surface area contributed by atoms with E-state index in [1.807, 2.05) is 0 Å². The SMILES string of the molecule is CCOc1cc(N=Nc2c(S(=O)(=O)ON)cc3ccc(N)cc3c2O)c(OCC)cc1N=Nc1cccc([PH](C)=O)c1. The molecule has 0 saturated carbocycles. The third-order valence-electron chi connectivity index (χ3n) is 5.90. The van der Waals surface area contributed by atoms with E-state index in [0.29, 0.717) is 27.8 Å². The quantitative estimate of drug-likeness (QED) is 0.0768. The molecule has 42 heavy (non-hydrogen) atoms. The molecule has 13 nitrogen and oxygen atoms in total. The zero-order valence-electron chi connectivity index (χ0n) is 22.9. The molecule has 0 aliphatic heterocycles. The van der Waals surface area contributed by atoms with Crippen LogP contribution in [0.4, 0.5) is 28.4 Å². The van der Waals surface area contributed by atoms with Gasteiger partial charge in [-0.25, -0.2) is 0 Å². The Hall–Kier alpha value is -4.36. The molecule has 0 radical (unpaired) electrons. The summed E-state index contributed by atoms with van der Waals surface area (Å²) < 4.78 is 52.9. The molecule has 0 aliphatic rings. The van der Waals surface area contributed by atoms with Gasteiger partial charge in [0, 0.05) is 28.5 Å². The molecule has 0 bridgehead atoms. The molecule has 4 aromatic rings. The lowest BCUT2D eigenvalue weighted by atomic mass is 10.1. The maximum Gasteiger partial charge on any atom is 0.315 e. The standard InChI is InChI=1S/C27H29N6O7PS/c1-4-38-23-15-22(24(39-5-2)14-21(23)31-30-18-7-6-8-19(13-18)41(3)35)32-33-26-25(42(36,37)40-29)11-16-9-10-17(28)12-20(16)27(26)34/h6-15,34,41H,4-5,28-29H2,1-3H3. The highest BCUT2D eigenvalue weighted by Gasteiger charge is 2.25. The number of nitrogens with zero attached hydrogens (tertiary/aromatic N) is 4. The highest BCUT2D eigenvalue weighted by molar-refractivity contribution is 7.86. The topological polar surface area (TPSA) is 201 Å². The molecule has 220 valence electrons. The second-order valence-corrected chi connectivity index (χ2v) is 12.0. The summed E-state index contributed by atoms with van der Waals surface area (Å²) in [5.74, 6) is 5.05. The summed E-state index contributed by atoms with van der Waals surface area (Å²) in [7, 11) is -6.42. The number of ether oxygens (including phenoxy) is 2. The summed E-state index contributed by atoms with van der Waals surface area (Å²) in [5, 5.41) is 29.1. The first-order valence-corrected chi connectivity index (χ1v) is 16.0. The number of benzene rings is 4. The summed E-state index contributed by atoms with van der Waals surface area (Å²) in [6.45, 7) is 5.72. The van der Waals surface area contributed by atoms with Crippen LogP contribution < -0.4 is 26.4 Å². The summed E-state index contributed by atoms with van der Waals surface area (Å²) in [6.07, 6.45) is 0. The first kappa shape index (κ1) is 30.6. The molecule has 0 aliphatic carbocycles. The van der Waals surface area contributed by atoms with E-state index in [9.17, 15) is 18.1 Å². The molecule has 0 fully saturated rings. The van der Waals surface area contributed by atoms with Crippen molar-refractivity contribution in [3.63, 3.8) is 0 Å². The lowest BCUT2D eigenvalue weighted by molar-refractivity contribution is 0.332. The van der Waals surface area contributed by atoms with Gasteiger partial charge >= 0.3 is 10.1 Å². The Bertz CT molecular complexity index is 1830. The number of nitrogens with two attached hydrogens (primary N) is 2. The van der Waals surface area contributed by atoms with Crippen molar-refractivity contribution < 1.29 is 31.8 Å². The maximum atomic E-state index is 12.6. The molecule has 4 rings (SSSR count). The van der Waals surface area contributed by atoms with E-state index in [0.717, 1.165) is 0 Å². The predicted octanol–water partition coefficient (Wildman–Crippen LogP) is 6.15. The first-order valence-electron chi connectivity index (χ1n) is 12.6. The Morgan fingerprint density at radius 1 is 0.881 bits per heavy atom. The van der Waals surface area contributed by atoms with Crippen LogP contribution in [0.3, 0.4) is 0 Å². The fourth-order valence-electron chi connectivity index (χ4n) is 3.94. The van der Waals surface area contributed by atoms with Crippen LogP contribution >= 0.6 is 7.80 Å². The Morgan fingerprint density at radius 3 is 2.12 bits per heavy atom. The molecule has 0 amide bonds. The van der Waals surface area contributed by atoms with Gasteiger partial charge in [-0.15, -0.1) is 15.3 Å². The predicted molar refractivity (Wildman–Crippen MR) is 161 cm³/mol. The molecule has 0 spiro atoms. The van der Waals surface area contributed by atoms with E-state index in [-0.39, 0.29) is 35.8 Å². The average molecular weight is 613 g/mol. The molecule has 0 aromatic heterocycles. The normalized spacial score (nSPS) is 12.8. The average Bonchev–Trinajstić information content (AvgIpc) is 2.97. The van der Waals surface area contributed by atoms with E-state index in [1.165, 1.54) is 24.3 Å². The van der Waals surface area contributed by atoms with Crippen molar-refractivity contribution in [1.82, 2.24) is 0 Å². The van der Waals surface area contributed by atoms with Crippen molar-refractivity contribution in [2.45, 2.75) is 18.7 Å². The van der Waals surface area contributed by atoms with Gasteiger partial charge in [0.15, 0.2) is 5.75 Å². The van der Waals surface area contributed by atoms with Gasteiger partial charge in [0.05, 0.1) is 18.9 Å². The molecular formula is C27H29N6O7PS. The van der Waals surface area contributed by atoms with E-state index >= 15 is 0 Å². The van der Waals surface area contributed by atoms with Gasteiger partial charge in [-0.1, -0.05) is 18.2 Å². The van der Waals surface area contributed by atoms with Crippen molar-refractivity contribution in [2.24, 2.45) is 26.4 Å².